The predicted molar refractivity (Wildman–Crippen MR) is 95.9 cm³/mol. The molecule has 0 saturated carbocycles. The minimum atomic E-state index is -3.70. The highest BCUT2D eigenvalue weighted by Crippen LogP contribution is 2.32. The zero-order chi connectivity index (χ0) is 16.9. The first-order valence-corrected chi connectivity index (χ1v) is 9.61. The van der Waals surface area contributed by atoms with E-state index in [-0.39, 0.29) is 11.4 Å². The van der Waals surface area contributed by atoms with Crippen LogP contribution >= 0.6 is 11.8 Å². The first kappa shape index (κ1) is 17.4. The van der Waals surface area contributed by atoms with Gasteiger partial charge in [0.15, 0.2) is 0 Å². The van der Waals surface area contributed by atoms with Gasteiger partial charge in [-0.1, -0.05) is 18.2 Å². The van der Waals surface area contributed by atoms with Crippen LogP contribution in [0.5, 0.6) is 5.75 Å². The molecule has 0 bridgehead atoms. The van der Waals surface area contributed by atoms with Crippen LogP contribution in [0.25, 0.3) is 0 Å². The van der Waals surface area contributed by atoms with Crippen LogP contribution in [-0.2, 0) is 10.0 Å². The van der Waals surface area contributed by atoms with E-state index in [0.29, 0.717) is 11.4 Å². The van der Waals surface area contributed by atoms with E-state index < -0.39 is 10.0 Å². The predicted octanol–water partition coefficient (Wildman–Crippen LogP) is 3.80. The molecule has 2 aromatic carbocycles. The van der Waals surface area contributed by atoms with Gasteiger partial charge in [-0.2, -0.15) is 0 Å². The molecule has 0 aliphatic rings. The van der Waals surface area contributed by atoms with Gasteiger partial charge in [0, 0.05) is 4.90 Å². The number of nitrogens with zero attached hydrogens (tertiary/aromatic N) is 1. The Kier molecular flexibility index (Phi) is 5.74. The molecule has 0 saturated heterocycles. The average molecular weight is 349 g/mol. The number of sulfonamides is 1. The van der Waals surface area contributed by atoms with E-state index in [4.69, 9.17) is 4.74 Å². The molecule has 0 unspecified atom stereocenters. The smallest absolute Gasteiger partial charge is 0.264 e. The van der Waals surface area contributed by atoms with Crippen LogP contribution in [0.2, 0.25) is 0 Å². The molecular weight excluding hydrogens is 330 g/mol. The summed E-state index contributed by atoms with van der Waals surface area (Å²) in [5.41, 5.74) is 0.490. The van der Waals surface area contributed by atoms with Crippen molar-refractivity contribution in [2.24, 2.45) is 0 Å². The van der Waals surface area contributed by atoms with E-state index in [0.717, 1.165) is 4.90 Å². The van der Waals surface area contributed by atoms with Crippen molar-refractivity contribution < 1.29 is 13.2 Å². The number of benzene rings is 2. The maximum atomic E-state index is 13.0. The normalized spacial score (nSPS) is 11.0. The Bertz CT molecular complexity index is 771. The molecule has 0 spiro atoms. The van der Waals surface area contributed by atoms with Crippen molar-refractivity contribution >= 4 is 27.5 Å². The van der Waals surface area contributed by atoms with Gasteiger partial charge in [0.2, 0.25) is 0 Å². The van der Waals surface area contributed by atoms with Gasteiger partial charge in [0.05, 0.1) is 24.2 Å². The third-order valence-electron chi connectivity index (χ3n) is 3.30. The Morgan fingerprint density at radius 2 is 1.83 bits per heavy atom. The van der Waals surface area contributed by atoms with Gasteiger partial charge in [-0.05, 0) is 42.7 Å². The number of ether oxygens (including phenoxy) is 1. The van der Waals surface area contributed by atoms with Gasteiger partial charge in [0.1, 0.15) is 5.75 Å². The third kappa shape index (κ3) is 3.71. The van der Waals surface area contributed by atoms with Crippen molar-refractivity contribution in [3.63, 3.8) is 0 Å². The zero-order valence-corrected chi connectivity index (χ0v) is 14.7. The number of methoxy groups -OCH3 is 1. The van der Waals surface area contributed by atoms with Crippen molar-refractivity contribution in [1.82, 2.24) is 0 Å². The standard InChI is InChI=1S/C17H19NO3S2/c1-4-13-18(16-7-5-6-8-17(16)21-2)23(19,20)15-11-9-14(22-3)10-12-15/h4-12H,1,13H2,2-3H3. The van der Waals surface area contributed by atoms with Gasteiger partial charge in [-0.3, -0.25) is 4.31 Å². The maximum Gasteiger partial charge on any atom is 0.264 e. The number of thioether (sulfide) groups is 1. The van der Waals surface area contributed by atoms with E-state index >= 15 is 0 Å². The summed E-state index contributed by atoms with van der Waals surface area (Å²) in [6, 6.07) is 13.9. The van der Waals surface area contributed by atoms with Gasteiger partial charge in [0.25, 0.3) is 10.0 Å². The first-order chi connectivity index (χ1) is 11.0. The Morgan fingerprint density at radius 3 is 2.39 bits per heavy atom. The topological polar surface area (TPSA) is 46.6 Å². The molecule has 0 heterocycles. The fourth-order valence-electron chi connectivity index (χ4n) is 2.15. The van der Waals surface area contributed by atoms with Crippen LogP contribution in [-0.4, -0.2) is 28.3 Å². The van der Waals surface area contributed by atoms with E-state index in [1.807, 2.05) is 6.26 Å². The summed E-state index contributed by atoms with van der Waals surface area (Å²) >= 11 is 1.56. The lowest BCUT2D eigenvalue weighted by molar-refractivity contribution is 0.415. The molecular formula is C17H19NO3S2. The Hall–Kier alpha value is -1.92. The minimum Gasteiger partial charge on any atom is -0.495 e. The molecule has 2 aromatic rings. The Morgan fingerprint density at radius 1 is 1.17 bits per heavy atom. The van der Waals surface area contributed by atoms with Crippen LogP contribution in [0, 0.1) is 0 Å². The lowest BCUT2D eigenvalue weighted by Gasteiger charge is -2.24. The molecule has 0 radical (unpaired) electrons. The van der Waals surface area contributed by atoms with E-state index in [2.05, 4.69) is 6.58 Å². The highest BCUT2D eigenvalue weighted by molar-refractivity contribution is 7.98. The summed E-state index contributed by atoms with van der Waals surface area (Å²) in [4.78, 5) is 1.25. The Labute approximate surface area is 141 Å². The van der Waals surface area contributed by atoms with Gasteiger partial charge in [-0.15, -0.1) is 18.3 Å². The lowest BCUT2D eigenvalue weighted by atomic mass is 10.3. The van der Waals surface area contributed by atoms with E-state index in [1.54, 1.807) is 66.4 Å². The molecule has 4 nitrogen and oxygen atoms in total. The van der Waals surface area contributed by atoms with Crippen LogP contribution in [0.15, 0.2) is 71.0 Å². The molecule has 0 amide bonds. The summed E-state index contributed by atoms with van der Waals surface area (Å²) < 4.78 is 32.6. The molecule has 122 valence electrons. The van der Waals surface area contributed by atoms with Crippen molar-refractivity contribution in [1.29, 1.82) is 0 Å². The first-order valence-electron chi connectivity index (χ1n) is 6.95. The van der Waals surface area contributed by atoms with Gasteiger partial charge in [-0.25, -0.2) is 8.42 Å². The molecule has 0 aliphatic carbocycles. The van der Waals surface area contributed by atoms with Crippen molar-refractivity contribution in [3.8, 4) is 5.75 Å². The molecule has 0 atom stereocenters. The molecule has 2 rings (SSSR count). The molecule has 0 aromatic heterocycles. The fourth-order valence-corrected chi connectivity index (χ4v) is 4.01. The lowest BCUT2D eigenvalue weighted by Crippen LogP contribution is -2.31. The maximum absolute atomic E-state index is 13.0. The average Bonchev–Trinajstić information content (AvgIpc) is 2.59. The highest BCUT2D eigenvalue weighted by Gasteiger charge is 2.26. The fraction of sp³-hybridized carbons (Fsp3) is 0.176. The van der Waals surface area contributed by atoms with Crippen LogP contribution in [0.1, 0.15) is 0 Å². The van der Waals surface area contributed by atoms with Crippen molar-refractivity contribution in [2.45, 2.75) is 9.79 Å². The summed E-state index contributed by atoms with van der Waals surface area (Å²) in [6.07, 6.45) is 3.50. The summed E-state index contributed by atoms with van der Waals surface area (Å²) in [5.74, 6) is 0.499. The second kappa shape index (κ2) is 7.57. The number of anilines is 1. The second-order valence-electron chi connectivity index (χ2n) is 4.67. The number of hydrogen-bond acceptors (Lipinski definition) is 4. The third-order valence-corrected chi connectivity index (χ3v) is 5.83. The van der Waals surface area contributed by atoms with Gasteiger partial charge >= 0.3 is 0 Å². The molecule has 23 heavy (non-hydrogen) atoms. The Balaban J connectivity index is 2.52. The molecule has 6 heteroatoms. The van der Waals surface area contributed by atoms with Crippen molar-refractivity contribution in [3.05, 3.63) is 61.2 Å². The quantitative estimate of drug-likeness (QED) is 0.563. The number of hydrogen-bond donors (Lipinski definition) is 0. The van der Waals surface area contributed by atoms with Crippen LogP contribution < -0.4 is 9.04 Å². The monoisotopic (exact) mass is 349 g/mol. The number of rotatable bonds is 7. The van der Waals surface area contributed by atoms with E-state index in [9.17, 15) is 8.42 Å². The van der Waals surface area contributed by atoms with Crippen LogP contribution in [0.3, 0.4) is 0 Å². The largest absolute Gasteiger partial charge is 0.495 e. The zero-order valence-electron chi connectivity index (χ0n) is 13.1. The van der Waals surface area contributed by atoms with Gasteiger partial charge < -0.3 is 4.74 Å². The van der Waals surface area contributed by atoms with Crippen LogP contribution in [0.4, 0.5) is 5.69 Å². The molecule has 0 fully saturated rings. The minimum absolute atomic E-state index is 0.160. The summed E-state index contributed by atoms with van der Waals surface area (Å²) in [5, 5.41) is 0. The van der Waals surface area contributed by atoms with E-state index in [1.165, 1.54) is 11.4 Å². The summed E-state index contributed by atoms with van der Waals surface area (Å²) in [7, 11) is -2.18. The SMILES string of the molecule is C=CCN(c1ccccc1OC)S(=O)(=O)c1ccc(SC)cc1. The second-order valence-corrected chi connectivity index (χ2v) is 7.41. The van der Waals surface area contributed by atoms with Crippen molar-refractivity contribution in [2.75, 3.05) is 24.2 Å². The molecule has 0 N–H and O–H groups in total. The molecule has 0 aliphatic heterocycles. The highest BCUT2D eigenvalue weighted by atomic mass is 32.2. The summed E-state index contributed by atoms with van der Waals surface area (Å²) in [6.45, 7) is 3.83. The number of para-hydroxylation sites is 2.